The first-order valence-electron chi connectivity index (χ1n) is 29.9. The summed E-state index contributed by atoms with van der Waals surface area (Å²) in [7, 11) is 0. The average Bonchev–Trinajstić information content (AvgIpc) is 3.39. The van der Waals surface area contributed by atoms with Crippen LogP contribution in [0.25, 0.3) is 0 Å². The molecule has 12 heteroatoms. The quantitative estimate of drug-likeness (QED) is 0.0228. The Hall–Kier alpha value is -3.84. The van der Waals surface area contributed by atoms with Crippen LogP contribution in [0.2, 0.25) is 0 Å². The summed E-state index contributed by atoms with van der Waals surface area (Å²) in [6.07, 6.45) is 51.6. The Balaban J connectivity index is 2.73. The third-order valence-corrected chi connectivity index (χ3v) is 13.2. The number of ether oxygens (including phenoxy) is 5. The van der Waals surface area contributed by atoms with E-state index in [9.17, 15) is 34.5 Å². The third-order valence-electron chi connectivity index (χ3n) is 13.2. The van der Waals surface area contributed by atoms with Crippen molar-refractivity contribution in [2.75, 3.05) is 13.2 Å². The van der Waals surface area contributed by atoms with Crippen LogP contribution in [0.15, 0.2) is 72.9 Å². The van der Waals surface area contributed by atoms with Crippen molar-refractivity contribution in [1.29, 1.82) is 0 Å². The number of allylic oxidation sites excluding steroid dienone is 12. The molecule has 0 bridgehead atoms. The van der Waals surface area contributed by atoms with Crippen LogP contribution in [0.4, 0.5) is 0 Å². The molecule has 1 saturated heterocycles. The Kier molecular flexibility index (Phi) is 47.0. The van der Waals surface area contributed by atoms with Crippen molar-refractivity contribution in [3.8, 4) is 0 Å². The van der Waals surface area contributed by atoms with Crippen LogP contribution >= 0.6 is 0 Å². The molecule has 75 heavy (non-hydrogen) atoms. The summed E-state index contributed by atoms with van der Waals surface area (Å²) in [5, 5.41) is 31.5. The highest BCUT2D eigenvalue weighted by Crippen LogP contribution is 2.26. The van der Waals surface area contributed by atoms with Gasteiger partial charge in [0.25, 0.3) is 0 Å². The Bertz CT molecular complexity index is 1580. The molecule has 0 amide bonds. The molecule has 0 radical (unpaired) electrons. The average molecular weight is 1060 g/mol. The number of aliphatic carboxylic acids is 1. The maximum absolute atomic E-state index is 13.1. The van der Waals surface area contributed by atoms with E-state index < -0.39 is 67.3 Å². The van der Waals surface area contributed by atoms with Crippen LogP contribution in [0.3, 0.4) is 0 Å². The molecule has 0 aliphatic carbocycles. The molecular formula is C63H106O12. The fourth-order valence-corrected chi connectivity index (χ4v) is 8.64. The number of aliphatic hydroxyl groups is 2. The lowest BCUT2D eigenvalue weighted by Crippen LogP contribution is -2.61. The second kappa shape index (κ2) is 50.9. The van der Waals surface area contributed by atoms with Crippen molar-refractivity contribution in [2.24, 2.45) is 0 Å². The van der Waals surface area contributed by atoms with Gasteiger partial charge in [-0.25, -0.2) is 4.79 Å². The summed E-state index contributed by atoms with van der Waals surface area (Å²) in [4.78, 5) is 51.1. The van der Waals surface area contributed by atoms with Gasteiger partial charge in [0.05, 0.1) is 6.61 Å². The standard InChI is InChI=1S/C63H106O12/c1-4-7-10-13-16-19-22-25-28-31-34-37-40-43-46-49-55(64)71-52-54(73-56(65)50-47-44-41-38-35-32-29-26-23-20-17-14-11-8-5-2)53-72-63-61(59(68)58(67)60(75-63)62(69)70)74-57(66)51-48-45-42-39-36-33-30-27-24-21-18-15-12-9-6-3/h7,10,16,19,25-30,34,37,54,58-61,63,67-68H,4-6,8-9,11-15,17-18,20-24,31-33,35-36,38-53H2,1-3H3,(H,69,70)/b10-7-,19-16-,28-25-,29-26-,30-27-,37-34-. The number of esters is 3. The minimum absolute atomic E-state index is 0.0442. The predicted octanol–water partition coefficient (Wildman–Crippen LogP) is 15.3. The first-order valence-corrected chi connectivity index (χ1v) is 29.9. The number of hydrogen-bond donors (Lipinski definition) is 3. The summed E-state index contributed by atoms with van der Waals surface area (Å²) in [5.74, 6) is -3.19. The molecular weight excluding hydrogens is 949 g/mol. The van der Waals surface area contributed by atoms with Crippen molar-refractivity contribution in [1.82, 2.24) is 0 Å². The smallest absolute Gasteiger partial charge is 0.335 e. The molecule has 430 valence electrons. The molecule has 1 heterocycles. The minimum atomic E-state index is -1.91. The van der Waals surface area contributed by atoms with Crippen molar-refractivity contribution in [3.05, 3.63) is 72.9 Å². The molecule has 0 spiro atoms. The summed E-state index contributed by atoms with van der Waals surface area (Å²) < 4.78 is 28.4. The van der Waals surface area contributed by atoms with Gasteiger partial charge in [0, 0.05) is 19.3 Å². The van der Waals surface area contributed by atoms with Crippen LogP contribution in [0, 0.1) is 0 Å². The Labute approximate surface area is 455 Å². The monoisotopic (exact) mass is 1050 g/mol. The van der Waals surface area contributed by atoms with E-state index in [0.29, 0.717) is 19.3 Å². The van der Waals surface area contributed by atoms with Gasteiger partial charge in [0.2, 0.25) is 0 Å². The molecule has 1 aliphatic rings. The van der Waals surface area contributed by atoms with Crippen LogP contribution in [-0.4, -0.2) is 89.2 Å². The maximum Gasteiger partial charge on any atom is 0.335 e. The molecule has 0 saturated carbocycles. The van der Waals surface area contributed by atoms with E-state index in [1.807, 2.05) is 0 Å². The van der Waals surface area contributed by atoms with Crippen molar-refractivity contribution >= 4 is 23.9 Å². The normalized spacial score (nSPS) is 18.7. The Morgan fingerprint density at radius 3 is 1.32 bits per heavy atom. The van der Waals surface area contributed by atoms with E-state index in [1.54, 1.807) is 0 Å². The molecule has 0 aromatic carbocycles. The zero-order valence-corrected chi connectivity index (χ0v) is 47.3. The zero-order valence-electron chi connectivity index (χ0n) is 47.3. The van der Waals surface area contributed by atoms with Gasteiger partial charge >= 0.3 is 23.9 Å². The van der Waals surface area contributed by atoms with Gasteiger partial charge < -0.3 is 39.0 Å². The fraction of sp³-hybridized carbons (Fsp3) is 0.746. The van der Waals surface area contributed by atoms with E-state index in [-0.39, 0.29) is 25.9 Å². The highest BCUT2D eigenvalue weighted by molar-refractivity contribution is 5.74. The van der Waals surface area contributed by atoms with E-state index >= 15 is 0 Å². The number of carbonyl (C=O) groups is 4. The zero-order chi connectivity index (χ0) is 54.7. The highest BCUT2D eigenvalue weighted by Gasteiger charge is 2.50. The number of hydrogen-bond acceptors (Lipinski definition) is 11. The molecule has 1 rings (SSSR count). The molecule has 6 unspecified atom stereocenters. The number of carboxylic acid groups (broad SMARTS) is 1. The van der Waals surface area contributed by atoms with Gasteiger partial charge in [0.1, 0.15) is 18.8 Å². The Morgan fingerprint density at radius 1 is 0.453 bits per heavy atom. The van der Waals surface area contributed by atoms with Gasteiger partial charge in [-0.3, -0.25) is 14.4 Å². The van der Waals surface area contributed by atoms with E-state index in [1.165, 1.54) is 77.0 Å². The van der Waals surface area contributed by atoms with Gasteiger partial charge in [-0.15, -0.1) is 0 Å². The predicted molar refractivity (Wildman–Crippen MR) is 303 cm³/mol. The van der Waals surface area contributed by atoms with Crippen LogP contribution in [0.5, 0.6) is 0 Å². The van der Waals surface area contributed by atoms with Gasteiger partial charge in [-0.05, 0) is 109 Å². The first kappa shape index (κ1) is 69.2. The van der Waals surface area contributed by atoms with Crippen LogP contribution < -0.4 is 0 Å². The summed E-state index contributed by atoms with van der Waals surface area (Å²) in [5.41, 5.74) is 0. The van der Waals surface area contributed by atoms with Crippen LogP contribution in [-0.2, 0) is 42.9 Å². The number of carboxylic acids is 1. The van der Waals surface area contributed by atoms with E-state index in [0.717, 1.165) is 116 Å². The second-order valence-corrected chi connectivity index (χ2v) is 20.2. The Morgan fingerprint density at radius 2 is 0.840 bits per heavy atom. The van der Waals surface area contributed by atoms with Crippen molar-refractivity contribution in [2.45, 2.75) is 289 Å². The molecule has 6 atom stereocenters. The lowest BCUT2D eigenvalue weighted by molar-refractivity contribution is -0.301. The molecule has 0 aromatic rings. The van der Waals surface area contributed by atoms with Gasteiger partial charge in [-0.2, -0.15) is 0 Å². The third kappa shape index (κ3) is 41.0. The van der Waals surface area contributed by atoms with Crippen molar-refractivity contribution in [3.63, 3.8) is 0 Å². The number of aliphatic hydroxyl groups excluding tert-OH is 2. The minimum Gasteiger partial charge on any atom is -0.479 e. The number of unbranched alkanes of at least 4 members (excludes halogenated alkanes) is 24. The number of carbonyl (C=O) groups excluding carboxylic acids is 3. The topological polar surface area (TPSA) is 175 Å². The summed E-state index contributed by atoms with van der Waals surface area (Å²) in [6.45, 7) is 5.82. The second-order valence-electron chi connectivity index (χ2n) is 20.2. The summed E-state index contributed by atoms with van der Waals surface area (Å²) >= 11 is 0. The van der Waals surface area contributed by atoms with Crippen LogP contribution in [0.1, 0.15) is 252 Å². The SMILES string of the molecule is CC/C=C\C/C=C\C/C=C\C/C=C\CCCCC(=O)OCC(COC1OC(C(=O)O)C(O)C(O)C1OC(=O)CCCCCCC/C=C\CCCCCCCC)OC(=O)CCCCCCC/C=C\CCCCCCCC. The molecule has 1 aliphatic heterocycles. The summed E-state index contributed by atoms with van der Waals surface area (Å²) in [6, 6.07) is 0. The highest BCUT2D eigenvalue weighted by atomic mass is 16.7. The van der Waals surface area contributed by atoms with E-state index in [2.05, 4.69) is 93.7 Å². The maximum atomic E-state index is 13.1. The molecule has 0 aromatic heterocycles. The molecule has 12 nitrogen and oxygen atoms in total. The molecule has 1 fully saturated rings. The largest absolute Gasteiger partial charge is 0.479 e. The molecule has 3 N–H and O–H groups in total. The number of rotatable bonds is 50. The lowest BCUT2D eigenvalue weighted by atomic mass is 9.98. The van der Waals surface area contributed by atoms with Gasteiger partial charge in [0.15, 0.2) is 24.6 Å². The van der Waals surface area contributed by atoms with Crippen molar-refractivity contribution < 1.29 is 58.2 Å². The van der Waals surface area contributed by atoms with E-state index in [4.69, 9.17) is 23.7 Å². The first-order chi connectivity index (χ1) is 36.6. The fourth-order valence-electron chi connectivity index (χ4n) is 8.64. The van der Waals surface area contributed by atoms with Gasteiger partial charge in [-0.1, -0.05) is 196 Å². The lowest BCUT2D eigenvalue weighted by Gasteiger charge is -2.40.